The van der Waals surface area contributed by atoms with Crippen LogP contribution in [-0.2, 0) is 0 Å². The van der Waals surface area contributed by atoms with Gasteiger partial charge < -0.3 is 4.90 Å². The van der Waals surface area contributed by atoms with Crippen molar-refractivity contribution in [2.75, 3.05) is 13.1 Å². The minimum atomic E-state index is 0.00606. The molecule has 3 rings (SSSR count). The summed E-state index contributed by atoms with van der Waals surface area (Å²) < 4.78 is 1.89. The molecule has 3 heterocycles. The lowest BCUT2D eigenvalue weighted by atomic mass is 10.2. The summed E-state index contributed by atoms with van der Waals surface area (Å²) in [7, 11) is 0. The average molecular weight is 333 g/mol. The van der Waals surface area contributed by atoms with Crippen LogP contribution in [0, 0.1) is 11.3 Å². The van der Waals surface area contributed by atoms with E-state index in [-0.39, 0.29) is 5.91 Å². The van der Waals surface area contributed by atoms with Crippen LogP contribution in [0.4, 0.5) is 0 Å². The highest BCUT2D eigenvalue weighted by molar-refractivity contribution is 5.97. The van der Waals surface area contributed by atoms with E-state index in [4.69, 9.17) is 5.26 Å². The Morgan fingerprint density at radius 1 is 1.24 bits per heavy atom. The lowest BCUT2D eigenvalue weighted by Crippen LogP contribution is -2.31. The van der Waals surface area contributed by atoms with Gasteiger partial charge in [-0.05, 0) is 37.6 Å². The predicted molar refractivity (Wildman–Crippen MR) is 95.4 cm³/mol. The smallest absolute Gasteiger partial charge is 0.255 e. The van der Waals surface area contributed by atoms with E-state index in [1.54, 1.807) is 18.5 Å². The molecule has 0 aliphatic heterocycles. The molecule has 6 nitrogen and oxygen atoms in total. The topological polar surface area (TPSA) is 74.8 Å². The van der Waals surface area contributed by atoms with Crippen molar-refractivity contribution in [1.82, 2.24) is 19.4 Å². The third-order valence-electron chi connectivity index (χ3n) is 4.08. The van der Waals surface area contributed by atoms with E-state index in [2.05, 4.69) is 16.9 Å². The van der Waals surface area contributed by atoms with Crippen LogP contribution in [0.1, 0.15) is 36.3 Å². The second kappa shape index (κ2) is 7.14. The molecule has 25 heavy (non-hydrogen) atoms. The van der Waals surface area contributed by atoms with Crippen molar-refractivity contribution in [2.45, 2.75) is 20.3 Å². The molecule has 3 aromatic rings. The van der Waals surface area contributed by atoms with Crippen molar-refractivity contribution >= 4 is 16.9 Å². The summed E-state index contributed by atoms with van der Waals surface area (Å²) in [4.78, 5) is 23.0. The Hall–Kier alpha value is -3.20. The summed E-state index contributed by atoms with van der Waals surface area (Å²) in [5.74, 6) is 0.00606. The predicted octanol–water partition coefficient (Wildman–Crippen LogP) is 3.16. The summed E-state index contributed by atoms with van der Waals surface area (Å²) in [5, 5.41) is 9.74. The standard InChI is InChI=1S/C19H19N5O/c1-3-8-23(4-2)19(25)15-10-14-7-9-24(18(14)22-12-15)17-6-5-16(11-20)21-13-17/h5-7,9-10,12-13H,3-4,8H2,1-2H3. The maximum atomic E-state index is 12.6. The van der Waals surface area contributed by atoms with E-state index < -0.39 is 0 Å². The van der Waals surface area contributed by atoms with Crippen LogP contribution in [-0.4, -0.2) is 38.4 Å². The number of rotatable bonds is 5. The Kier molecular flexibility index (Phi) is 4.75. The molecule has 0 aliphatic carbocycles. The number of nitriles is 1. The molecule has 3 aromatic heterocycles. The van der Waals surface area contributed by atoms with Crippen LogP contribution in [0.2, 0.25) is 0 Å². The molecule has 1 amide bonds. The van der Waals surface area contributed by atoms with Gasteiger partial charge in [0.05, 0.1) is 17.4 Å². The third kappa shape index (κ3) is 3.22. The van der Waals surface area contributed by atoms with Crippen molar-refractivity contribution in [3.63, 3.8) is 0 Å². The molecule has 0 fully saturated rings. The van der Waals surface area contributed by atoms with Gasteiger partial charge in [0.15, 0.2) is 0 Å². The van der Waals surface area contributed by atoms with Crippen LogP contribution in [0.15, 0.2) is 42.9 Å². The molecule has 6 heteroatoms. The first-order chi connectivity index (χ1) is 12.2. The van der Waals surface area contributed by atoms with E-state index in [0.717, 1.165) is 29.7 Å². The zero-order chi connectivity index (χ0) is 17.8. The van der Waals surface area contributed by atoms with Crippen LogP contribution in [0.5, 0.6) is 0 Å². The summed E-state index contributed by atoms with van der Waals surface area (Å²) in [6.07, 6.45) is 6.07. The van der Waals surface area contributed by atoms with Crippen molar-refractivity contribution in [2.24, 2.45) is 0 Å². The first kappa shape index (κ1) is 16.7. The molecule has 0 saturated carbocycles. The van der Waals surface area contributed by atoms with Gasteiger partial charge in [0, 0.05) is 30.9 Å². The van der Waals surface area contributed by atoms with Gasteiger partial charge in [-0.2, -0.15) is 5.26 Å². The van der Waals surface area contributed by atoms with E-state index in [0.29, 0.717) is 17.8 Å². The zero-order valence-electron chi connectivity index (χ0n) is 14.3. The van der Waals surface area contributed by atoms with Gasteiger partial charge in [-0.1, -0.05) is 6.92 Å². The Labute approximate surface area is 146 Å². The first-order valence-electron chi connectivity index (χ1n) is 8.30. The summed E-state index contributed by atoms with van der Waals surface area (Å²) in [6, 6.07) is 9.30. The second-order valence-corrected chi connectivity index (χ2v) is 5.72. The maximum absolute atomic E-state index is 12.6. The van der Waals surface area contributed by atoms with Crippen molar-refractivity contribution in [3.05, 3.63) is 54.1 Å². The van der Waals surface area contributed by atoms with Gasteiger partial charge in [-0.25, -0.2) is 9.97 Å². The molecular weight excluding hydrogens is 314 g/mol. The Morgan fingerprint density at radius 2 is 2.08 bits per heavy atom. The highest BCUT2D eigenvalue weighted by Gasteiger charge is 2.15. The van der Waals surface area contributed by atoms with Gasteiger partial charge in [0.25, 0.3) is 5.91 Å². The average Bonchev–Trinajstić information content (AvgIpc) is 3.08. The largest absolute Gasteiger partial charge is 0.339 e. The number of fused-ring (bicyclic) bond motifs is 1. The number of aromatic nitrogens is 3. The molecule has 0 aliphatic rings. The van der Waals surface area contributed by atoms with Crippen molar-refractivity contribution < 1.29 is 4.79 Å². The molecule has 0 unspecified atom stereocenters. The molecule has 0 radical (unpaired) electrons. The molecule has 0 N–H and O–H groups in total. The third-order valence-corrected chi connectivity index (χ3v) is 4.08. The fraction of sp³-hybridized carbons (Fsp3) is 0.263. The summed E-state index contributed by atoms with van der Waals surface area (Å²) in [6.45, 7) is 5.46. The molecule has 0 spiro atoms. The van der Waals surface area contributed by atoms with E-state index >= 15 is 0 Å². The Morgan fingerprint density at radius 3 is 2.72 bits per heavy atom. The SMILES string of the molecule is CCCN(CC)C(=O)c1cnc2c(ccn2-c2ccc(C#N)nc2)c1. The van der Waals surface area contributed by atoms with Gasteiger partial charge >= 0.3 is 0 Å². The Balaban J connectivity index is 1.95. The number of hydrogen-bond donors (Lipinski definition) is 0. The van der Waals surface area contributed by atoms with Gasteiger partial charge in [-0.3, -0.25) is 9.36 Å². The van der Waals surface area contributed by atoms with E-state index in [1.165, 1.54) is 0 Å². The second-order valence-electron chi connectivity index (χ2n) is 5.72. The number of nitrogens with zero attached hydrogens (tertiary/aromatic N) is 5. The molecular formula is C19H19N5O. The molecule has 0 saturated heterocycles. The monoisotopic (exact) mass is 333 g/mol. The van der Waals surface area contributed by atoms with Crippen LogP contribution in [0.25, 0.3) is 16.7 Å². The van der Waals surface area contributed by atoms with Crippen LogP contribution in [0.3, 0.4) is 0 Å². The van der Waals surface area contributed by atoms with Crippen molar-refractivity contribution in [1.29, 1.82) is 5.26 Å². The maximum Gasteiger partial charge on any atom is 0.255 e. The summed E-state index contributed by atoms with van der Waals surface area (Å²) >= 11 is 0. The quantitative estimate of drug-likeness (QED) is 0.719. The Bertz CT molecular complexity index is 937. The fourth-order valence-electron chi connectivity index (χ4n) is 2.80. The number of amides is 1. The highest BCUT2D eigenvalue weighted by atomic mass is 16.2. The number of carbonyl (C=O) groups excluding carboxylic acids is 1. The molecule has 126 valence electrons. The molecule has 0 bridgehead atoms. The minimum absolute atomic E-state index is 0.00606. The molecule has 0 aromatic carbocycles. The summed E-state index contributed by atoms with van der Waals surface area (Å²) in [5.41, 5.74) is 2.54. The van der Waals surface area contributed by atoms with E-state index in [1.807, 2.05) is 46.9 Å². The van der Waals surface area contributed by atoms with Gasteiger partial charge in [-0.15, -0.1) is 0 Å². The van der Waals surface area contributed by atoms with Crippen LogP contribution >= 0.6 is 0 Å². The lowest BCUT2D eigenvalue weighted by Gasteiger charge is -2.19. The van der Waals surface area contributed by atoms with Gasteiger partial charge in [0.2, 0.25) is 0 Å². The van der Waals surface area contributed by atoms with Gasteiger partial charge in [0.1, 0.15) is 17.4 Å². The first-order valence-corrected chi connectivity index (χ1v) is 8.30. The van der Waals surface area contributed by atoms with E-state index in [9.17, 15) is 4.79 Å². The normalized spacial score (nSPS) is 10.6. The van der Waals surface area contributed by atoms with Crippen molar-refractivity contribution in [3.8, 4) is 11.8 Å². The number of carbonyl (C=O) groups is 1. The van der Waals surface area contributed by atoms with Crippen LogP contribution < -0.4 is 0 Å². The highest BCUT2D eigenvalue weighted by Crippen LogP contribution is 2.20. The minimum Gasteiger partial charge on any atom is -0.339 e. The lowest BCUT2D eigenvalue weighted by molar-refractivity contribution is 0.0764. The number of pyridine rings is 2. The fourth-order valence-corrected chi connectivity index (χ4v) is 2.80. The zero-order valence-corrected chi connectivity index (χ0v) is 14.3. The number of hydrogen-bond acceptors (Lipinski definition) is 4. The molecule has 0 atom stereocenters.